The molecule has 1 N–H and O–H groups in total. The first-order valence-electron chi connectivity index (χ1n) is 8.34. The maximum atomic E-state index is 12.7. The van der Waals surface area contributed by atoms with Gasteiger partial charge in [-0.25, -0.2) is 0 Å². The number of carbonyl (C=O) groups excluding carboxylic acids is 1. The minimum atomic E-state index is -0.454. The molecule has 0 aromatic carbocycles. The van der Waals surface area contributed by atoms with Crippen LogP contribution in [0.5, 0.6) is 0 Å². The molecule has 5 heteroatoms. The maximum Gasteiger partial charge on any atom is 0.327 e. The van der Waals surface area contributed by atoms with Gasteiger partial charge in [0.1, 0.15) is 5.54 Å². The van der Waals surface area contributed by atoms with E-state index in [1.807, 2.05) is 18.7 Å². The summed E-state index contributed by atoms with van der Waals surface area (Å²) in [5.41, 5.74) is -0.454. The quantitative estimate of drug-likeness (QED) is 0.697. The molecule has 21 heavy (non-hydrogen) atoms. The Kier molecular flexibility index (Phi) is 4.81. The third-order valence-electron chi connectivity index (χ3n) is 4.78. The standard InChI is InChI=1S/C16H27NO3S/c1-3-19-15(18)16(12-4-5-12,17-13-6-7-13)10-21-14-8-9-20-11(14)2/h11-14,17H,3-10H2,1-2H3. The molecule has 3 unspecified atom stereocenters. The first kappa shape index (κ1) is 15.6. The molecule has 1 saturated heterocycles. The van der Waals surface area contributed by atoms with Crippen molar-refractivity contribution in [3.05, 3.63) is 0 Å². The number of hydrogen-bond acceptors (Lipinski definition) is 5. The van der Waals surface area contributed by atoms with E-state index in [9.17, 15) is 4.79 Å². The SMILES string of the molecule is CCOC(=O)C(CSC1CCOC1C)(NC1CC1)C1CC1. The molecule has 0 radical (unpaired) electrons. The molecule has 3 aliphatic rings. The second kappa shape index (κ2) is 6.47. The zero-order chi connectivity index (χ0) is 14.9. The van der Waals surface area contributed by atoms with Crippen LogP contribution >= 0.6 is 11.8 Å². The molecule has 0 bridgehead atoms. The summed E-state index contributed by atoms with van der Waals surface area (Å²) in [6.45, 7) is 5.35. The van der Waals surface area contributed by atoms with E-state index in [4.69, 9.17) is 9.47 Å². The van der Waals surface area contributed by atoms with E-state index in [0.29, 0.717) is 29.9 Å². The normalized spacial score (nSPS) is 31.9. The van der Waals surface area contributed by atoms with Crippen molar-refractivity contribution in [2.45, 2.75) is 68.9 Å². The Hall–Kier alpha value is -0.260. The van der Waals surface area contributed by atoms with Crippen molar-refractivity contribution in [2.24, 2.45) is 5.92 Å². The largest absolute Gasteiger partial charge is 0.465 e. The number of thioether (sulfide) groups is 1. The minimum absolute atomic E-state index is 0.0292. The molecule has 3 fully saturated rings. The molecule has 1 aliphatic heterocycles. The lowest BCUT2D eigenvalue weighted by Crippen LogP contribution is -2.58. The van der Waals surface area contributed by atoms with Crippen LogP contribution in [0.4, 0.5) is 0 Å². The van der Waals surface area contributed by atoms with Gasteiger partial charge in [-0.05, 0) is 51.9 Å². The zero-order valence-corrected chi connectivity index (χ0v) is 13.9. The molecule has 3 atom stereocenters. The molecule has 0 spiro atoms. The van der Waals surface area contributed by atoms with Crippen molar-refractivity contribution in [1.29, 1.82) is 0 Å². The Labute approximate surface area is 131 Å². The zero-order valence-electron chi connectivity index (χ0n) is 13.1. The number of carbonyl (C=O) groups is 1. The van der Waals surface area contributed by atoms with Crippen LogP contribution in [-0.4, -0.2) is 47.9 Å². The highest BCUT2D eigenvalue weighted by Gasteiger charge is 2.54. The Balaban J connectivity index is 1.68. The van der Waals surface area contributed by atoms with Crippen LogP contribution in [0.3, 0.4) is 0 Å². The maximum absolute atomic E-state index is 12.7. The fraction of sp³-hybridized carbons (Fsp3) is 0.938. The summed E-state index contributed by atoms with van der Waals surface area (Å²) < 4.78 is 11.1. The topological polar surface area (TPSA) is 47.6 Å². The lowest BCUT2D eigenvalue weighted by atomic mass is 9.95. The first-order valence-corrected chi connectivity index (χ1v) is 9.38. The molecular formula is C16H27NO3S. The summed E-state index contributed by atoms with van der Waals surface area (Å²) in [5.74, 6) is 1.26. The van der Waals surface area contributed by atoms with E-state index in [0.717, 1.165) is 31.6 Å². The first-order chi connectivity index (χ1) is 10.2. The van der Waals surface area contributed by atoms with Crippen LogP contribution in [0.15, 0.2) is 0 Å². The number of ether oxygens (including phenoxy) is 2. The van der Waals surface area contributed by atoms with Gasteiger partial charge in [0.2, 0.25) is 0 Å². The van der Waals surface area contributed by atoms with E-state index < -0.39 is 5.54 Å². The van der Waals surface area contributed by atoms with Crippen molar-refractivity contribution in [3.8, 4) is 0 Å². The molecule has 1 heterocycles. The number of esters is 1. The van der Waals surface area contributed by atoms with Crippen molar-refractivity contribution in [1.82, 2.24) is 5.32 Å². The van der Waals surface area contributed by atoms with Gasteiger partial charge in [0, 0.05) is 23.7 Å². The van der Waals surface area contributed by atoms with Gasteiger partial charge >= 0.3 is 5.97 Å². The van der Waals surface area contributed by atoms with Gasteiger partial charge in [-0.2, -0.15) is 11.8 Å². The third-order valence-corrected chi connectivity index (χ3v) is 6.45. The van der Waals surface area contributed by atoms with Gasteiger partial charge in [0.25, 0.3) is 0 Å². The van der Waals surface area contributed by atoms with E-state index in [1.54, 1.807) is 0 Å². The van der Waals surface area contributed by atoms with E-state index in [-0.39, 0.29) is 5.97 Å². The monoisotopic (exact) mass is 313 g/mol. The molecule has 2 saturated carbocycles. The summed E-state index contributed by atoms with van der Waals surface area (Å²) in [6.07, 6.45) is 6.09. The van der Waals surface area contributed by atoms with Crippen LogP contribution in [0.25, 0.3) is 0 Å². The lowest BCUT2D eigenvalue weighted by Gasteiger charge is -2.34. The molecule has 0 amide bonds. The Morgan fingerprint density at radius 2 is 2.10 bits per heavy atom. The van der Waals surface area contributed by atoms with Crippen molar-refractivity contribution >= 4 is 17.7 Å². The van der Waals surface area contributed by atoms with E-state index in [2.05, 4.69) is 12.2 Å². The number of hydrogen-bond donors (Lipinski definition) is 1. The van der Waals surface area contributed by atoms with Crippen molar-refractivity contribution in [2.75, 3.05) is 19.0 Å². The second-order valence-electron chi connectivity index (χ2n) is 6.60. The Morgan fingerprint density at radius 1 is 1.33 bits per heavy atom. The predicted molar refractivity (Wildman–Crippen MR) is 84.5 cm³/mol. The van der Waals surface area contributed by atoms with Gasteiger partial charge in [-0.3, -0.25) is 10.1 Å². The average molecular weight is 313 g/mol. The van der Waals surface area contributed by atoms with Crippen molar-refractivity contribution < 1.29 is 14.3 Å². The van der Waals surface area contributed by atoms with Crippen LogP contribution in [0.2, 0.25) is 0 Å². The minimum Gasteiger partial charge on any atom is -0.465 e. The number of nitrogens with one attached hydrogen (secondary N) is 1. The highest BCUT2D eigenvalue weighted by atomic mass is 32.2. The third kappa shape index (κ3) is 3.57. The van der Waals surface area contributed by atoms with Crippen LogP contribution < -0.4 is 5.32 Å². The summed E-state index contributed by atoms with van der Waals surface area (Å²) in [4.78, 5) is 12.7. The van der Waals surface area contributed by atoms with Crippen molar-refractivity contribution in [3.63, 3.8) is 0 Å². The number of rotatable bonds is 8. The lowest BCUT2D eigenvalue weighted by molar-refractivity contribution is -0.151. The Morgan fingerprint density at radius 3 is 2.62 bits per heavy atom. The Bertz CT molecular complexity index is 384. The molecular weight excluding hydrogens is 286 g/mol. The van der Waals surface area contributed by atoms with E-state index >= 15 is 0 Å². The fourth-order valence-corrected chi connectivity index (χ4v) is 4.69. The van der Waals surface area contributed by atoms with Gasteiger partial charge in [-0.1, -0.05) is 0 Å². The second-order valence-corrected chi connectivity index (χ2v) is 7.83. The summed E-state index contributed by atoms with van der Waals surface area (Å²) >= 11 is 1.90. The van der Waals surface area contributed by atoms with Gasteiger partial charge in [0.15, 0.2) is 0 Å². The molecule has 120 valence electrons. The van der Waals surface area contributed by atoms with Crippen LogP contribution in [-0.2, 0) is 14.3 Å². The molecule has 3 rings (SSSR count). The van der Waals surface area contributed by atoms with Gasteiger partial charge in [-0.15, -0.1) is 0 Å². The van der Waals surface area contributed by atoms with Gasteiger partial charge < -0.3 is 9.47 Å². The summed E-state index contributed by atoms with van der Waals surface area (Å²) in [5, 5.41) is 4.17. The van der Waals surface area contributed by atoms with E-state index in [1.165, 1.54) is 12.8 Å². The molecule has 0 aromatic rings. The molecule has 4 nitrogen and oxygen atoms in total. The fourth-order valence-electron chi connectivity index (χ4n) is 3.16. The summed E-state index contributed by atoms with van der Waals surface area (Å²) in [7, 11) is 0. The average Bonchev–Trinajstić information content (AvgIpc) is 3.35. The van der Waals surface area contributed by atoms with Crippen LogP contribution in [0, 0.1) is 5.92 Å². The van der Waals surface area contributed by atoms with Gasteiger partial charge in [0.05, 0.1) is 12.7 Å². The highest BCUT2D eigenvalue weighted by molar-refractivity contribution is 8.00. The summed E-state index contributed by atoms with van der Waals surface area (Å²) in [6, 6.07) is 0.521. The smallest absolute Gasteiger partial charge is 0.327 e. The molecule has 2 aliphatic carbocycles. The molecule has 0 aromatic heterocycles. The van der Waals surface area contributed by atoms with Crippen LogP contribution in [0.1, 0.15) is 46.0 Å². The predicted octanol–water partition coefficient (Wildman–Crippen LogP) is 2.36. The highest BCUT2D eigenvalue weighted by Crippen LogP contribution is 2.45.